The minimum Gasteiger partial charge on any atom is -0.494 e. The molecule has 0 unspecified atom stereocenters. The number of nitrogens with one attached hydrogen (secondary N) is 1. The summed E-state index contributed by atoms with van der Waals surface area (Å²) in [6.07, 6.45) is 2.57. The fourth-order valence-electron chi connectivity index (χ4n) is 2.58. The first-order valence-electron chi connectivity index (χ1n) is 7.69. The van der Waals surface area contributed by atoms with Crippen LogP contribution < -0.4 is 10.1 Å². The van der Waals surface area contributed by atoms with Gasteiger partial charge in [-0.1, -0.05) is 18.2 Å². The number of hydrogen-bond donors (Lipinski definition) is 1. The highest BCUT2D eigenvalue weighted by Crippen LogP contribution is 2.28. The molecule has 0 saturated carbocycles. The molecule has 1 N–H and O–H groups in total. The Labute approximate surface area is 141 Å². The molecule has 5 nitrogen and oxygen atoms in total. The van der Waals surface area contributed by atoms with E-state index in [4.69, 9.17) is 16.3 Å². The molecule has 1 heterocycles. The van der Waals surface area contributed by atoms with E-state index in [2.05, 4.69) is 11.9 Å². The zero-order valence-electron chi connectivity index (χ0n) is 13.2. The van der Waals surface area contributed by atoms with Crippen molar-refractivity contribution < 1.29 is 14.3 Å². The van der Waals surface area contributed by atoms with Crippen molar-refractivity contribution in [2.75, 3.05) is 25.0 Å². The lowest BCUT2D eigenvalue weighted by Gasteiger charge is -2.30. The average molecular weight is 337 g/mol. The molecule has 2 rings (SSSR count). The van der Waals surface area contributed by atoms with Crippen molar-refractivity contribution in [1.82, 2.24) is 4.90 Å². The van der Waals surface area contributed by atoms with E-state index in [1.165, 1.54) is 6.08 Å². The van der Waals surface area contributed by atoms with Gasteiger partial charge in [0.25, 0.3) is 0 Å². The average Bonchev–Trinajstić information content (AvgIpc) is 2.57. The van der Waals surface area contributed by atoms with Gasteiger partial charge in [0.15, 0.2) is 0 Å². The Morgan fingerprint density at radius 1 is 1.43 bits per heavy atom. The van der Waals surface area contributed by atoms with Crippen LogP contribution in [0, 0.1) is 5.92 Å². The van der Waals surface area contributed by atoms with E-state index in [0.717, 1.165) is 0 Å². The number of piperidine rings is 1. The molecule has 0 radical (unpaired) electrons. The van der Waals surface area contributed by atoms with Gasteiger partial charge in [-0.25, -0.2) is 0 Å². The predicted octanol–water partition coefficient (Wildman–Crippen LogP) is 3.10. The van der Waals surface area contributed by atoms with Crippen LogP contribution in [0.4, 0.5) is 5.69 Å². The van der Waals surface area contributed by atoms with E-state index in [1.54, 1.807) is 23.1 Å². The van der Waals surface area contributed by atoms with E-state index in [9.17, 15) is 9.59 Å². The molecule has 1 aromatic carbocycles. The summed E-state index contributed by atoms with van der Waals surface area (Å²) in [5.41, 5.74) is 0.548. The fraction of sp³-hybridized carbons (Fsp3) is 0.412. The minimum atomic E-state index is -0.129. The van der Waals surface area contributed by atoms with Crippen LogP contribution in [0.3, 0.4) is 0 Å². The zero-order valence-corrected chi connectivity index (χ0v) is 13.9. The molecular formula is C17H21ClN2O3. The summed E-state index contributed by atoms with van der Waals surface area (Å²) in [5.74, 6) is 0.372. The van der Waals surface area contributed by atoms with Crippen molar-refractivity contribution in [3.63, 3.8) is 0 Å². The van der Waals surface area contributed by atoms with E-state index in [-0.39, 0.29) is 17.7 Å². The lowest BCUT2D eigenvalue weighted by molar-refractivity contribution is -0.130. The Bertz CT molecular complexity index is 596. The topological polar surface area (TPSA) is 58.6 Å². The highest BCUT2D eigenvalue weighted by molar-refractivity contribution is 6.33. The lowest BCUT2D eigenvalue weighted by Crippen LogP contribution is -2.40. The van der Waals surface area contributed by atoms with Crippen molar-refractivity contribution in [2.24, 2.45) is 5.92 Å². The number of amides is 2. The Morgan fingerprint density at radius 3 is 2.74 bits per heavy atom. The summed E-state index contributed by atoms with van der Waals surface area (Å²) < 4.78 is 5.42. The van der Waals surface area contributed by atoms with Gasteiger partial charge < -0.3 is 15.0 Å². The largest absolute Gasteiger partial charge is 0.494 e. The van der Waals surface area contributed by atoms with Crippen molar-refractivity contribution in [3.05, 3.63) is 35.9 Å². The number of ether oxygens (including phenoxy) is 1. The van der Waals surface area contributed by atoms with Crippen molar-refractivity contribution in [3.8, 4) is 5.75 Å². The third-order valence-corrected chi connectivity index (χ3v) is 4.19. The first-order valence-corrected chi connectivity index (χ1v) is 8.07. The maximum Gasteiger partial charge on any atom is 0.245 e. The van der Waals surface area contributed by atoms with Gasteiger partial charge in [-0.3, -0.25) is 9.59 Å². The Hall–Kier alpha value is -2.01. The Morgan fingerprint density at radius 2 is 2.13 bits per heavy atom. The fourth-order valence-corrected chi connectivity index (χ4v) is 2.75. The number of benzene rings is 1. The molecule has 0 spiro atoms. The number of anilines is 1. The molecule has 1 aliphatic rings. The van der Waals surface area contributed by atoms with Gasteiger partial charge in [-0.2, -0.15) is 0 Å². The van der Waals surface area contributed by atoms with Crippen LogP contribution in [0.5, 0.6) is 5.75 Å². The summed E-state index contributed by atoms with van der Waals surface area (Å²) in [4.78, 5) is 25.7. The molecular weight excluding hydrogens is 316 g/mol. The minimum absolute atomic E-state index is 0.0775. The highest BCUT2D eigenvalue weighted by Gasteiger charge is 2.26. The van der Waals surface area contributed by atoms with Crippen LogP contribution in [-0.2, 0) is 9.59 Å². The number of carbonyl (C=O) groups excluding carboxylic acids is 2. The molecule has 23 heavy (non-hydrogen) atoms. The van der Waals surface area contributed by atoms with Crippen LogP contribution in [0.25, 0.3) is 0 Å². The van der Waals surface area contributed by atoms with Gasteiger partial charge in [0.1, 0.15) is 5.75 Å². The second kappa shape index (κ2) is 8.02. The van der Waals surface area contributed by atoms with Crippen molar-refractivity contribution in [2.45, 2.75) is 19.8 Å². The maximum absolute atomic E-state index is 12.4. The van der Waals surface area contributed by atoms with Gasteiger partial charge >= 0.3 is 0 Å². The SMILES string of the molecule is C=CC(=O)N1CCC(C(=O)Nc2cc(OCC)ccc2Cl)CC1. The van der Waals surface area contributed by atoms with Gasteiger partial charge in [-0.05, 0) is 38.0 Å². The third kappa shape index (κ3) is 4.48. The molecule has 2 amide bonds. The van der Waals surface area contributed by atoms with E-state index in [0.29, 0.717) is 49.0 Å². The molecule has 0 atom stereocenters. The van der Waals surface area contributed by atoms with Gasteiger partial charge in [0, 0.05) is 25.1 Å². The van der Waals surface area contributed by atoms with Crippen molar-refractivity contribution >= 4 is 29.1 Å². The summed E-state index contributed by atoms with van der Waals surface area (Å²) in [5, 5.41) is 3.34. The number of rotatable bonds is 5. The molecule has 1 saturated heterocycles. The van der Waals surface area contributed by atoms with Crippen LogP contribution in [0.15, 0.2) is 30.9 Å². The molecule has 124 valence electrons. The lowest BCUT2D eigenvalue weighted by atomic mass is 9.95. The van der Waals surface area contributed by atoms with Crippen LogP contribution >= 0.6 is 11.6 Å². The second-order valence-corrected chi connectivity index (χ2v) is 5.77. The molecule has 0 aromatic heterocycles. The summed E-state index contributed by atoms with van der Waals surface area (Å²) in [6, 6.07) is 5.19. The number of carbonyl (C=O) groups is 2. The monoisotopic (exact) mass is 336 g/mol. The maximum atomic E-state index is 12.4. The van der Waals surface area contributed by atoms with Crippen LogP contribution in [-0.4, -0.2) is 36.4 Å². The molecule has 0 aliphatic carbocycles. The summed E-state index contributed by atoms with van der Waals surface area (Å²) >= 11 is 6.13. The molecule has 0 bridgehead atoms. The first-order chi connectivity index (χ1) is 11.0. The molecule has 1 aliphatic heterocycles. The van der Waals surface area contributed by atoms with E-state index < -0.39 is 0 Å². The zero-order chi connectivity index (χ0) is 16.8. The summed E-state index contributed by atoms with van der Waals surface area (Å²) in [6.45, 7) is 7.05. The normalized spacial score (nSPS) is 15.1. The number of hydrogen-bond acceptors (Lipinski definition) is 3. The predicted molar refractivity (Wildman–Crippen MR) is 90.8 cm³/mol. The van der Waals surface area contributed by atoms with E-state index >= 15 is 0 Å². The highest BCUT2D eigenvalue weighted by atomic mass is 35.5. The van der Waals surface area contributed by atoms with Crippen LogP contribution in [0.2, 0.25) is 5.02 Å². The van der Waals surface area contributed by atoms with Gasteiger partial charge in [0.2, 0.25) is 11.8 Å². The number of nitrogens with zero attached hydrogens (tertiary/aromatic N) is 1. The van der Waals surface area contributed by atoms with Crippen molar-refractivity contribution in [1.29, 1.82) is 0 Å². The number of likely N-dealkylation sites (tertiary alicyclic amines) is 1. The van der Waals surface area contributed by atoms with Crippen LogP contribution in [0.1, 0.15) is 19.8 Å². The molecule has 1 aromatic rings. The third-order valence-electron chi connectivity index (χ3n) is 3.86. The summed E-state index contributed by atoms with van der Waals surface area (Å²) in [7, 11) is 0. The first kappa shape index (κ1) is 17.3. The molecule has 1 fully saturated rings. The van der Waals surface area contributed by atoms with Gasteiger partial charge in [-0.15, -0.1) is 0 Å². The number of halogens is 1. The quantitative estimate of drug-likeness (QED) is 0.840. The smallest absolute Gasteiger partial charge is 0.245 e. The standard InChI is InChI=1S/C17H21ClN2O3/c1-3-16(21)20-9-7-12(8-10-20)17(22)19-15-11-13(23-4-2)5-6-14(15)18/h3,5-6,11-12H,1,4,7-10H2,2H3,(H,19,22). The van der Waals surface area contributed by atoms with Gasteiger partial charge in [0.05, 0.1) is 17.3 Å². The van der Waals surface area contributed by atoms with E-state index in [1.807, 2.05) is 6.92 Å². The Kier molecular flexibility index (Phi) is 6.04. The molecule has 6 heteroatoms. The second-order valence-electron chi connectivity index (χ2n) is 5.37. The Balaban J connectivity index is 1.96.